The summed E-state index contributed by atoms with van der Waals surface area (Å²) in [5.41, 5.74) is 6.21. The second-order valence-corrected chi connectivity index (χ2v) is 5.58. The van der Waals surface area contributed by atoms with Crippen molar-refractivity contribution in [3.05, 3.63) is 27.3 Å². The van der Waals surface area contributed by atoms with Gasteiger partial charge in [0.1, 0.15) is 5.75 Å². The minimum atomic E-state index is -0.247. The van der Waals surface area contributed by atoms with Crippen LogP contribution in [0, 0.1) is 3.57 Å². The van der Waals surface area contributed by atoms with Gasteiger partial charge in [0.05, 0.1) is 5.56 Å². The predicted octanol–water partition coefficient (Wildman–Crippen LogP) is 1.61. The molecule has 0 heterocycles. The van der Waals surface area contributed by atoms with Crippen LogP contribution in [0.25, 0.3) is 0 Å². The molecular formula is C12H15IN2O2. The third-order valence-electron chi connectivity index (χ3n) is 3.09. The molecule has 4 nitrogen and oxygen atoms in total. The third kappa shape index (κ3) is 2.90. The number of carbonyl (C=O) groups excluding carboxylic acids is 1. The van der Waals surface area contributed by atoms with Gasteiger partial charge in [-0.25, -0.2) is 0 Å². The second kappa shape index (κ2) is 5.22. The van der Waals surface area contributed by atoms with Crippen molar-refractivity contribution in [2.45, 2.75) is 31.3 Å². The highest BCUT2D eigenvalue weighted by atomic mass is 127. The van der Waals surface area contributed by atoms with Crippen LogP contribution in [0.1, 0.15) is 29.6 Å². The molecule has 0 aromatic heterocycles. The van der Waals surface area contributed by atoms with E-state index < -0.39 is 0 Å². The SMILES string of the molecule is NC1CCCC1NC(=O)c1cc(I)ccc1O. The topological polar surface area (TPSA) is 75.3 Å². The van der Waals surface area contributed by atoms with Crippen LogP contribution in [-0.2, 0) is 0 Å². The van der Waals surface area contributed by atoms with Gasteiger partial charge >= 0.3 is 0 Å². The molecule has 0 bridgehead atoms. The Bertz CT molecular complexity index is 437. The van der Waals surface area contributed by atoms with Gasteiger partial charge in [0, 0.05) is 15.7 Å². The summed E-state index contributed by atoms with van der Waals surface area (Å²) >= 11 is 2.11. The zero-order valence-corrected chi connectivity index (χ0v) is 11.5. The van der Waals surface area contributed by atoms with Gasteiger partial charge in [0.2, 0.25) is 0 Å². The van der Waals surface area contributed by atoms with Crippen molar-refractivity contribution in [3.63, 3.8) is 0 Å². The van der Waals surface area contributed by atoms with E-state index in [1.54, 1.807) is 12.1 Å². The molecule has 0 radical (unpaired) electrons. The van der Waals surface area contributed by atoms with Crippen LogP contribution >= 0.6 is 22.6 Å². The van der Waals surface area contributed by atoms with Crippen LogP contribution in [0.4, 0.5) is 0 Å². The van der Waals surface area contributed by atoms with Gasteiger partial charge in [-0.1, -0.05) is 0 Å². The molecule has 1 amide bonds. The van der Waals surface area contributed by atoms with E-state index in [1.807, 2.05) is 0 Å². The van der Waals surface area contributed by atoms with Crippen LogP contribution in [-0.4, -0.2) is 23.1 Å². The Kier molecular flexibility index (Phi) is 3.88. The summed E-state index contributed by atoms with van der Waals surface area (Å²) in [7, 11) is 0. The molecule has 1 saturated carbocycles. The minimum absolute atomic E-state index is 0.00878. The fourth-order valence-electron chi connectivity index (χ4n) is 2.10. The van der Waals surface area contributed by atoms with Gasteiger partial charge in [-0.3, -0.25) is 4.79 Å². The minimum Gasteiger partial charge on any atom is -0.507 e. The molecule has 1 aromatic carbocycles. The van der Waals surface area contributed by atoms with Crippen molar-refractivity contribution in [1.82, 2.24) is 5.32 Å². The number of aromatic hydroxyl groups is 1. The molecular weight excluding hydrogens is 331 g/mol. The van der Waals surface area contributed by atoms with Crippen LogP contribution in [0.5, 0.6) is 5.75 Å². The lowest BCUT2D eigenvalue weighted by molar-refractivity contribution is 0.0932. The van der Waals surface area contributed by atoms with Gasteiger partial charge in [-0.05, 0) is 60.1 Å². The number of halogens is 1. The lowest BCUT2D eigenvalue weighted by atomic mass is 10.1. The summed E-state index contributed by atoms with van der Waals surface area (Å²) in [6.07, 6.45) is 2.91. The molecule has 2 rings (SSSR count). The van der Waals surface area contributed by atoms with Crippen LogP contribution in [0.3, 0.4) is 0 Å². The number of carbonyl (C=O) groups is 1. The van der Waals surface area contributed by atoms with E-state index in [9.17, 15) is 9.90 Å². The number of amides is 1. The van der Waals surface area contributed by atoms with E-state index in [4.69, 9.17) is 5.73 Å². The maximum absolute atomic E-state index is 12.0. The van der Waals surface area contributed by atoms with Crippen molar-refractivity contribution < 1.29 is 9.90 Å². The molecule has 1 fully saturated rings. The average molecular weight is 346 g/mol. The number of phenolic OH excluding ortho intramolecular Hbond substituents is 1. The Labute approximate surface area is 114 Å². The summed E-state index contributed by atoms with van der Waals surface area (Å²) in [6.45, 7) is 0. The first-order chi connectivity index (χ1) is 8.08. The fraction of sp³-hybridized carbons (Fsp3) is 0.417. The molecule has 1 aliphatic carbocycles. The molecule has 1 aliphatic rings. The van der Waals surface area contributed by atoms with Crippen LogP contribution in [0.2, 0.25) is 0 Å². The number of nitrogens with one attached hydrogen (secondary N) is 1. The van der Waals surface area contributed by atoms with Crippen molar-refractivity contribution in [1.29, 1.82) is 0 Å². The zero-order chi connectivity index (χ0) is 12.4. The summed E-state index contributed by atoms with van der Waals surface area (Å²) in [4.78, 5) is 12.0. The molecule has 0 saturated heterocycles. The Balaban J connectivity index is 2.11. The van der Waals surface area contributed by atoms with Crippen molar-refractivity contribution in [3.8, 4) is 5.75 Å². The number of hydrogen-bond acceptors (Lipinski definition) is 3. The van der Waals surface area contributed by atoms with Gasteiger partial charge in [-0.15, -0.1) is 0 Å². The number of hydrogen-bond donors (Lipinski definition) is 3. The summed E-state index contributed by atoms with van der Waals surface area (Å²) in [6, 6.07) is 5.02. The van der Waals surface area contributed by atoms with Gasteiger partial charge < -0.3 is 16.2 Å². The number of nitrogens with two attached hydrogens (primary N) is 1. The van der Waals surface area contributed by atoms with E-state index in [0.717, 1.165) is 22.8 Å². The zero-order valence-electron chi connectivity index (χ0n) is 9.32. The second-order valence-electron chi connectivity index (χ2n) is 4.34. The van der Waals surface area contributed by atoms with Crippen molar-refractivity contribution in [2.24, 2.45) is 5.73 Å². The molecule has 4 N–H and O–H groups in total. The van der Waals surface area contributed by atoms with Crippen LogP contribution < -0.4 is 11.1 Å². The number of benzene rings is 1. The monoisotopic (exact) mass is 346 g/mol. The van der Waals surface area contributed by atoms with E-state index in [0.29, 0.717) is 5.56 Å². The Morgan fingerprint density at radius 1 is 1.47 bits per heavy atom. The highest BCUT2D eigenvalue weighted by molar-refractivity contribution is 14.1. The Hall–Kier alpha value is -0.820. The maximum atomic E-state index is 12.0. The third-order valence-corrected chi connectivity index (χ3v) is 3.76. The Morgan fingerprint density at radius 3 is 2.88 bits per heavy atom. The quantitative estimate of drug-likeness (QED) is 0.713. The summed E-state index contributed by atoms with van der Waals surface area (Å²) in [5, 5.41) is 12.5. The molecule has 0 spiro atoms. The fourth-order valence-corrected chi connectivity index (χ4v) is 2.60. The first-order valence-corrected chi connectivity index (χ1v) is 6.71. The van der Waals surface area contributed by atoms with E-state index in [1.165, 1.54) is 6.07 Å². The molecule has 2 unspecified atom stereocenters. The van der Waals surface area contributed by atoms with Gasteiger partial charge in [0.15, 0.2) is 0 Å². The average Bonchev–Trinajstić information content (AvgIpc) is 2.68. The molecule has 92 valence electrons. The highest BCUT2D eigenvalue weighted by Crippen LogP contribution is 2.22. The lowest BCUT2D eigenvalue weighted by Crippen LogP contribution is -2.44. The standard InChI is InChI=1S/C12H15IN2O2/c13-7-4-5-11(16)8(6-7)12(17)15-10-3-1-2-9(10)14/h4-6,9-10,16H,1-3,14H2,(H,15,17). The van der Waals surface area contributed by atoms with Gasteiger partial charge in [0.25, 0.3) is 5.91 Å². The van der Waals surface area contributed by atoms with Crippen molar-refractivity contribution in [2.75, 3.05) is 0 Å². The Morgan fingerprint density at radius 2 is 2.24 bits per heavy atom. The smallest absolute Gasteiger partial charge is 0.255 e. The first kappa shape index (κ1) is 12.6. The van der Waals surface area contributed by atoms with E-state index >= 15 is 0 Å². The van der Waals surface area contributed by atoms with E-state index in [2.05, 4.69) is 27.9 Å². The summed E-state index contributed by atoms with van der Waals surface area (Å²) < 4.78 is 0.918. The number of rotatable bonds is 2. The molecule has 1 aromatic rings. The lowest BCUT2D eigenvalue weighted by Gasteiger charge is -2.17. The highest BCUT2D eigenvalue weighted by Gasteiger charge is 2.26. The number of phenols is 1. The maximum Gasteiger partial charge on any atom is 0.255 e. The van der Waals surface area contributed by atoms with Crippen molar-refractivity contribution >= 4 is 28.5 Å². The van der Waals surface area contributed by atoms with Crippen LogP contribution in [0.15, 0.2) is 18.2 Å². The molecule has 2 atom stereocenters. The largest absolute Gasteiger partial charge is 0.507 e. The van der Waals surface area contributed by atoms with E-state index in [-0.39, 0.29) is 23.7 Å². The predicted molar refractivity (Wildman–Crippen MR) is 73.9 cm³/mol. The first-order valence-electron chi connectivity index (χ1n) is 5.63. The molecule has 5 heteroatoms. The normalized spacial score (nSPS) is 23.6. The van der Waals surface area contributed by atoms with Gasteiger partial charge in [-0.2, -0.15) is 0 Å². The molecule has 0 aliphatic heterocycles. The molecule has 17 heavy (non-hydrogen) atoms. The summed E-state index contributed by atoms with van der Waals surface area (Å²) in [5.74, 6) is -0.238.